The quantitative estimate of drug-likeness (QED) is 0.337. The van der Waals surface area contributed by atoms with Crippen LogP contribution in [0.1, 0.15) is 34.0 Å². The number of nitrogens with zero attached hydrogens (tertiary/aromatic N) is 3. The molecule has 0 radical (unpaired) electrons. The van der Waals surface area contributed by atoms with E-state index in [-0.39, 0.29) is 17.3 Å². The number of amides is 1. The Morgan fingerprint density at radius 3 is 2.26 bits per heavy atom. The minimum Gasteiger partial charge on any atom is -0.494 e. The molecular weight excluding hydrogens is 506 g/mol. The molecule has 11 heteroatoms. The molecule has 0 aliphatic carbocycles. The van der Waals surface area contributed by atoms with Crippen LogP contribution in [0.2, 0.25) is 0 Å². The van der Waals surface area contributed by atoms with Gasteiger partial charge in [0.25, 0.3) is 15.9 Å². The average Bonchev–Trinajstić information content (AvgIpc) is 2.86. The zero-order chi connectivity index (χ0) is 27.4. The van der Waals surface area contributed by atoms with E-state index in [1.807, 2.05) is 68.8 Å². The molecule has 0 bridgehead atoms. The molecule has 0 aliphatic heterocycles. The van der Waals surface area contributed by atoms with Crippen LogP contribution in [-0.4, -0.2) is 35.9 Å². The topological polar surface area (TPSA) is 146 Å². The zero-order valence-corrected chi connectivity index (χ0v) is 22.2. The van der Waals surface area contributed by atoms with Crippen molar-refractivity contribution in [1.82, 2.24) is 19.7 Å². The van der Waals surface area contributed by atoms with Gasteiger partial charge < -0.3 is 15.2 Å². The van der Waals surface area contributed by atoms with E-state index in [1.165, 1.54) is 18.5 Å². The predicted molar refractivity (Wildman–Crippen MR) is 143 cm³/mol. The summed E-state index contributed by atoms with van der Waals surface area (Å²) in [5.74, 6) is -0.131. The molecule has 0 unspecified atom stereocenters. The average molecular weight is 534 g/mol. The van der Waals surface area contributed by atoms with Gasteiger partial charge in [-0.15, -0.1) is 0 Å². The van der Waals surface area contributed by atoms with Crippen LogP contribution in [-0.2, 0) is 10.0 Å². The van der Waals surface area contributed by atoms with Crippen LogP contribution in [0.15, 0.2) is 66.0 Å². The number of nitrogens with one attached hydrogen (secondary N) is 1. The van der Waals surface area contributed by atoms with E-state index < -0.39 is 21.0 Å². The highest BCUT2D eigenvalue weighted by Crippen LogP contribution is 2.33. The smallest absolute Gasteiger partial charge is 0.285 e. The Hall–Kier alpha value is -4.51. The fourth-order valence-electron chi connectivity index (χ4n) is 3.93. The Labute approximate surface area is 220 Å². The van der Waals surface area contributed by atoms with Gasteiger partial charge in [0, 0.05) is 18.0 Å². The molecule has 4 rings (SSSR count). The summed E-state index contributed by atoms with van der Waals surface area (Å²) in [5, 5.41) is -0.556. The molecule has 38 heavy (non-hydrogen) atoms. The van der Waals surface area contributed by atoms with Gasteiger partial charge in [0.1, 0.15) is 17.1 Å². The van der Waals surface area contributed by atoms with E-state index in [0.29, 0.717) is 23.8 Å². The first-order chi connectivity index (χ1) is 18.1. The second kappa shape index (κ2) is 10.9. The third-order valence-electron chi connectivity index (χ3n) is 5.54. The maximum absolute atomic E-state index is 13.2. The fraction of sp³-hybridized carbons (Fsp3) is 0.185. The molecule has 0 saturated carbocycles. The van der Waals surface area contributed by atoms with Crippen molar-refractivity contribution in [3.63, 3.8) is 0 Å². The van der Waals surface area contributed by atoms with Gasteiger partial charge in [-0.2, -0.15) is 8.42 Å². The van der Waals surface area contributed by atoms with Crippen molar-refractivity contribution in [2.24, 2.45) is 0 Å². The molecule has 1 amide bonds. The second-order valence-corrected chi connectivity index (χ2v) is 10.1. The molecule has 0 fully saturated rings. The van der Waals surface area contributed by atoms with Crippen molar-refractivity contribution in [3.05, 3.63) is 83.2 Å². The summed E-state index contributed by atoms with van der Waals surface area (Å²) in [7, 11) is -4.42. The van der Waals surface area contributed by atoms with E-state index in [1.54, 1.807) is 6.07 Å². The molecule has 2 heterocycles. The summed E-state index contributed by atoms with van der Waals surface area (Å²) in [6.45, 7) is 8.17. The van der Waals surface area contributed by atoms with Gasteiger partial charge in [-0.25, -0.2) is 19.7 Å². The SMILES string of the molecule is CCOc1ccc(-c2ccc(C(=O)NS(=O)(=O)c3nccnc3N)c(Oc3c(C)cc(C)cc3C)n2)cc1. The Balaban J connectivity index is 1.76. The molecule has 3 N–H and O–H groups in total. The van der Waals surface area contributed by atoms with E-state index in [4.69, 9.17) is 15.2 Å². The molecule has 10 nitrogen and oxygen atoms in total. The molecule has 2 aromatic heterocycles. The van der Waals surface area contributed by atoms with Crippen LogP contribution in [0, 0.1) is 20.8 Å². The summed E-state index contributed by atoms with van der Waals surface area (Å²) in [6.07, 6.45) is 2.41. The molecule has 0 saturated heterocycles. The lowest BCUT2D eigenvalue weighted by Gasteiger charge is -2.16. The Bertz CT molecular complexity index is 1580. The highest BCUT2D eigenvalue weighted by molar-refractivity contribution is 7.90. The number of hydrogen-bond acceptors (Lipinski definition) is 9. The predicted octanol–water partition coefficient (Wildman–Crippen LogP) is 4.36. The number of rotatable bonds is 8. The summed E-state index contributed by atoms with van der Waals surface area (Å²) >= 11 is 0. The zero-order valence-electron chi connectivity index (χ0n) is 21.3. The molecule has 2 aromatic carbocycles. The van der Waals surface area contributed by atoms with E-state index in [9.17, 15) is 13.2 Å². The first-order valence-corrected chi connectivity index (χ1v) is 13.2. The van der Waals surface area contributed by atoms with Crippen molar-refractivity contribution < 1.29 is 22.7 Å². The van der Waals surface area contributed by atoms with Gasteiger partial charge >= 0.3 is 0 Å². The van der Waals surface area contributed by atoms with Gasteiger partial charge in [0.2, 0.25) is 10.9 Å². The Morgan fingerprint density at radius 2 is 1.63 bits per heavy atom. The number of pyridine rings is 1. The van der Waals surface area contributed by atoms with E-state index in [0.717, 1.165) is 22.3 Å². The number of nitrogens with two attached hydrogens (primary N) is 1. The Morgan fingerprint density at radius 1 is 0.974 bits per heavy atom. The molecule has 196 valence electrons. The number of aryl methyl sites for hydroxylation is 3. The first-order valence-electron chi connectivity index (χ1n) is 11.7. The standard InChI is InChI=1S/C27H27N5O5S/c1-5-36-20-8-6-19(7-9-20)22-11-10-21(25(33)32-38(34,35)27-24(28)29-12-13-30-27)26(31-22)37-23-17(3)14-16(2)15-18(23)4/h6-15H,5H2,1-4H3,(H2,28,29)(H,32,33). The van der Waals surface area contributed by atoms with E-state index >= 15 is 0 Å². The lowest BCUT2D eigenvalue weighted by molar-refractivity contribution is 0.0978. The number of sulfonamides is 1. The largest absolute Gasteiger partial charge is 0.494 e. The summed E-state index contributed by atoms with van der Waals surface area (Å²) in [4.78, 5) is 25.3. The van der Waals surface area contributed by atoms with Crippen molar-refractivity contribution in [3.8, 4) is 28.6 Å². The van der Waals surface area contributed by atoms with Crippen LogP contribution < -0.4 is 19.9 Å². The molecule has 4 aromatic rings. The molecule has 0 aliphatic rings. The maximum Gasteiger partial charge on any atom is 0.285 e. The normalized spacial score (nSPS) is 11.2. The van der Waals surface area contributed by atoms with Gasteiger partial charge in [-0.05, 0) is 75.2 Å². The summed E-state index contributed by atoms with van der Waals surface area (Å²) < 4.78 is 39.3. The highest BCUT2D eigenvalue weighted by Gasteiger charge is 2.26. The minimum atomic E-state index is -4.42. The van der Waals surface area contributed by atoms with Crippen LogP contribution in [0.4, 0.5) is 5.82 Å². The lowest BCUT2D eigenvalue weighted by atomic mass is 10.1. The third kappa shape index (κ3) is 5.73. The monoisotopic (exact) mass is 533 g/mol. The molecular formula is C27H27N5O5S. The lowest BCUT2D eigenvalue weighted by Crippen LogP contribution is -2.32. The summed E-state index contributed by atoms with van der Waals surface area (Å²) in [6, 6.07) is 14.2. The van der Waals surface area contributed by atoms with Gasteiger partial charge in [-0.1, -0.05) is 17.7 Å². The first kappa shape index (κ1) is 26.6. The van der Waals surface area contributed by atoms with Gasteiger partial charge in [0.05, 0.1) is 12.3 Å². The third-order valence-corrected chi connectivity index (χ3v) is 6.82. The van der Waals surface area contributed by atoms with Crippen molar-refractivity contribution >= 4 is 21.7 Å². The van der Waals surface area contributed by atoms with Crippen molar-refractivity contribution in [2.75, 3.05) is 12.3 Å². The number of anilines is 1. The van der Waals surface area contributed by atoms with E-state index in [2.05, 4.69) is 15.0 Å². The number of carbonyl (C=O) groups is 1. The number of nitrogen functional groups attached to an aromatic ring is 1. The number of carbonyl (C=O) groups excluding carboxylic acids is 1. The second-order valence-electron chi connectivity index (χ2n) is 8.52. The number of ether oxygens (including phenoxy) is 2. The number of aromatic nitrogens is 3. The van der Waals surface area contributed by atoms with Gasteiger partial charge in [0.15, 0.2) is 5.82 Å². The number of hydrogen-bond donors (Lipinski definition) is 2. The number of benzene rings is 2. The van der Waals surface area contributed by atoms with Crippen LogP contribution >= 0.6 is 0 Å². The van der Waals surface area contributed by atoms with Crippen LogP contribution in [0.5, 0.6) is 17.4 Å². The highest BCUT2D eigenvalue weighted by atomic mass is 32.2. The summed E-state index contributed by atoms with van der Waals surface area (Å²) in [5.41, 5.74) is 9.56. The maximum atomic E-state index is 13.2. The fourth-order valence-corrected chi connectivity index (χ4v) is 4.91. The van der Waals surface area contributed by atoms with Gasteiger partial charge in [-0.3, -0.25) is 4.79 Å². The minimum absolute atomic E-state index is 0.0637. The molecule has 0 spiro atoms. The van der Waals surface area contributed by atoms with Crippen LogP contribution in [0.25, 0.3) is 11.3 Å². The van der Waals surface area contributed by atoms with Crippen molar-refractivity contribution in [2.45, 2.75) is 32.7 Å². The molecule has 0 atom stereocenters. The van der Waals surface area contributed by atoms with Crippen LogP contribution in [0.3, 0.4) is 0 Å². The Kier molecular flexibility index (Phi) is 7.58. The van der Waals surface area contributed by atoms with Crippen molar-refractivity contribution in [1.29, 1.82) is 0 Å².